The van der Waals surface area contributed by atoms with E-state index in [0.717, 1.165) is 17.4 Å². The van der Waals surface area contributed by atoms with Crippen LogP contribution in [0.1, 0.15) is 24.1 Å². The van der Waals surface area contributed by atoms with Crippen LogP contribution in [-0.2, 0) is 20.0 Å². The van der Waals surface area contributed by atoms with Crippen LogP contribution >= 0.6 is 0 Å². The second-order valence-electron chi connectivity index (χ2n) is 6.55. The van der Waals surface area contributed by atoms with Crippen molar-refractivity contribution in [3.05, 3.63) is 65.7 Å². The first-order valence-electron chi connectivity index (χ1n) is 8.85. The van der Waals surface area contributed by atoms with E-state index in [1.807, 2.05) is 18.2 Å². The van der Waals surface area contributed by atoms with Crippen molar-refractivity contribution in [3.63, 3.8) is 0 Å². The summed E-state index contributed by atoms with van der Waals surface area (Å²) in [5, 5.41) is 0. The maximum absolute atomic E-state index is 12.3. The van der Waals surface area contributed by atoms with Crippen LogP contribution in [0.2, 0.25) is 0 Å². The molecular weight excluding hydrogens is 414 g/mol. The van der Waals surface area contributed by atoms with Gasteiger partial charge in [0.05, 0.1) is 30.9 Å². The molecule has 1 aliphatic heterocycles. The molecule has 0 fully saturated rings. The smallest absolute Gasteiger partial charge is 0.232 e. The molecule has 1 heterocycles. The standard InChI is InChI=1S/C19H23N3O5S2/c1-4-29(25,26)21-16-9-5-14(6-10-16)18-13-19(22(20-18)28(3,23)24)15-7-11-17(27-2)12-8-15/h5-13,19-21H,4H2,1-3H3. The lowest BCUT2D eigenvalue weighted by Crippen LogP contribution is -2.38. The molecule has 0 radical (unpaired) electrons. The summed E-state index contributed by atoms with van der Waals surface area (Å²) in [6.45, 7) is 1.56. The number of sulfonamides is 2. The Hall–Kier alpha value is -2.56. The highest BCUT2D eigenvalue weighted by atomic mass is 32.2. The molecular formula is C19H23N3O5S2. The molecule has 2 aromatic rings. The number of nitrogens with zero attached hydrogens (tertiary/aromatic N) is 1. The first-order valence-corrected chi connectivity index (χ1v) is 12.4. The SMILES string of the molecule is CCS(=O)(=O)Nc1ccc(C2=CC(c3ccc(OC)cc3)N(S(C)(=O)=O)N2)cc1. The number of methoxy groups -OCH3 is 1. The Morgan fingerprint density at radius 3 is 2.17 bits per heavy atom. The molecule has 0 bridgehead atoms. The molecule has 0 aromatic heterocycles. The number of hydrogen-bond donors (Lipinski definition) is 2. The topological polar surface area (TPSA) is 105 Å². The highest BCUT2D eigenvalue weighted by molar-refractivity contribution is 7.92. The lowest BCUT2D eigenvalue weighted by atomic mass is 10.1. The van der Waals surface area contributed by atoms with Gasteiger partial charge in [0.25, 0.3) is 0 Å². The lowest BCUT2D eigenvalue weighted by molar-refractivity contribution is 0.350. The quantitative estimate of drug-likeness (QED) is 0.689. The fourth-order valence-electron chi connectivity index (χ4n) is 2.90. The van der Waals surface area contributed by atoms with Crippen LogP contribution in [0.4, 0.5) is 5.69 Å². The monoisotopic (exact) mass is 437 g/mol. The van der Waals surface area contributed by atoms with Crippen LogP contribution in [0, 0.1) is 0 Å². The highest BCUT2D eigenvalue weighted by Gasteiger charge is 2.33. The Morgan fingerprint density at radius 2 is 1.66 bits per heavy atom. The van der Waals surface area contributed by atoms with E-state index in [0.29, 0.717) is 17.1 Å². The van der Waals surface area contributed by atoms with Crippen LogP contribution in [-0.4, -0.2) is 40.4 Å². The Kier molecular flexibility index (Phi) is 5.87. The fraction of sp³-hybridized carbons (Fsp3) is 0.263. The zero-order chi connectivity index (χ0) is 21.2. The molecule has 29 heavy (non-hydrogen) atoms. The molecule has 0 saturated heterocycles. The Bertz CT molecular complexity index is 1110. The van der Waals surface area contributed by atoms with E-state index in [2.05, 4.69) is 10.1 Å². The minimum atomic E-state index is -3.54. The van der Waals surface area contributed by atoms with Crippen molar-refractivity contribution >= 4 is 31.4 Å². The molecule has 8 nitrogen and oxygen atoms in total. The van der Waals surface area contributed by atoms with Gasteiger partial charge < -0.3 is 10.2 Å². The van der Waals surface area contributed by atoms with Gasteiger partial charge in [-0.3, -0.25) is 4.72 Å². The van der Waals surface area contributed by atoms with Crippen molar-refractivity contribution < 1.29 is 21.6 Å². The lowest BCUT2D eigenvalue weighted by Gasteiger charge is -2.23. The molecule has 10 heteroatoms. The van der Waals surface area contributed by atoms with Crippen molar-refractivity contribution in [1.82, 2.24) is 9.84 Å². The summed E-state index contributed by atoms with van der Waals surface area (Å²) in [6.07, 6.45) is 2.95. The van der Waals surface area contributed by atoms with Crippen molar-refractivity contribution in [2.45, 2.75) is 13.0 Å². The number of benzene rings is 2. The van der Waals surface area contributed by atoms with Crippen molar-refractivity contribution in [2.75, 3.05) is 23.8 Å². The second-order valence-corrected chi connectivity index (χ2v) is 10.4. The molecule has 1 aliphatic rings. The maximum atomic E-state index is 12.3. The van der Waals surface area contributed by atoms with Crippen molar-refractivity contribution in [3.8, 4) is 5.75 Å². The minimum absolute atomic E-state index is 0.0195. The second kappa shape index (κ2) is 8.05. The molecule has 2 N–H and O–H groups in total. The van der Waals surface area contributed by atoms with E-state index < -0.39 is 26.1 Å². The molecule has 2 aromatic carbocycles. The number of anilines is 1. The van der Waals surface area contributed by atoms with Crippen molar-refractivity contribution in [1.29, 1.82) is 0 Å². The first kappa shape index (κ1) is 21.2. The van der Waals surface area contributed by atoms with Gasteiger partial charge >= 0.3 is 0 Å². The number of rotatable bonds is 7. The van der Waals surface area contributed by atoms with E-state index in [1.165, 1.54) is 4.41 Å². The highest BCUT2D eigenvalue weighted by Crippen LogP contribution is 2.33. The third-order valence-electron chi connectivity index (χ3n) is 4.47. The fourth-order valence-corrected chi connectivity index (χ4v) is 4.40. The van der Waals surface area contributed by atoms with Gasteiger partial charge in [-0.05, 0) is 48.4 Å². The number of hydrazine groups is 1. The van der Waals surface area contributed by atoms with Crippen LogP contribution in [0.3, 0.4) is 0 Å². The molecule has 1 unspecified atom stereocenters. The number of hydrogen-bond acceptors (Lipinski definition) is 6. The molecule has 0 saturated carbocycles. The van der Waals surface area contributed by atoms with Crippen LogP contribution in [0.25, 0.3) is 5.70 Å². The van der Waals surface area contributed by atoms with Gasteiger partial charge in [0.1, 0.15) is 5.75 Å². The number of nitrogens with one attached hydrogen (secondary N) is 2. The van der Waals surface area contributed by atoms with Crippen LogP contribution in [0.15, 0.2) is 54.6 Å². The Balaban J connectivity index is 1.90. The summed E-state index contributed by atoms with van der Waals surface area (Å²) in [5.74, 6) is 0.661. The van der Waals surface area contributed by atoms with Gasteiger partial charge in [-0.15, -0.1) is 4.41 Å². The molecule has 156 valence electrons. The van der Waals surface area contributed by atoms with E-state index in [4.69, 9.17) is 4.74 Å². The minimum Gasteiger partial charge on any atom is -0.497 e. The van der Waals surface area contributed by atoms with Crippen molar-refractivity contribution in [2.24, 2.45) is 0 Å². The molecule has 0 amide bonds. The van der Waals surface area contributed by atoms with Gasteiger partial charge in [0, 0.05) is 5.69 Å². The van der Waals surface area contributed by atoms with E-state index in [9.17, 15) is 16.8 Å². The van der Waals surface area contributed by atoms with Gasteiger partial charge in [-0.2, -0.15) is 0 Å². The summed E-state index contributed by atoms with van der Waals surface area (Å²) in [5.41, 5.74) is 5.51. The summed E-state index contributed by atoms with van der Waals surface area (Å²) >= 11 is 0. The Labute approximate surface area is 171 Å². The average molecular weight is 438 g/mol. The summed E-state index contributed by atoms with van der Waals surface area (Å²) < 4.78 is 56.8. The summed E-state index contributed by atoms with van der Waals surface area (Å²) in [7, 11) is -5.34. The molecule has 3 rings (SSSR count). The summed E-state index contributed by atoms with van der Waals surface area (Å²) in [4.78, 5) is 0. The predicted octanol–water partition coefficient (Wildman–Crippen LogP) is 2.32. The predicted molar refractivity (Wildman–Crippen MR) is 113 cm³/mol. The van der Waals surface area contributed by atoms with Gasteiger partial charge in [-0.1, -0.05) is 24.3 Å². The third kappa shape index (κ3) is 4.89. The first-order chi connectivity index (χ1) is 13.6. The van der Waals surface area contributed by atoms with Gasteiger partial charge in [0.15, 0.2) is 0 Å². The zero-order valence-electron chi connectivity index (χ0n) is 16.3. The van der Waals surface area contributed by atoms with E-state index in [1.54, 1.807) is 50.4 Å². The van der Waals surface area contributed by atoms with E-state index in [-0.39, 0.29) is 5.75 Å². The van der Waals surface area contributed by atoms with Crippen LogP contribution < -0.4 is 14.9 Å². The largest absolute Gasteiger partial charge is 0.497 e. The normalized spacial score (nSPS) is 17.5. The average Bonchev–Trinajstić information content (AvgIpc) is 3.14. The zero-order valence-corrected chi connectivity index (χ0v) is 17.9. The van der Waals surface area contributed by atoms with Gasteiger partial charge in [0.2, 0.25) is 20.0 Å². The summed E-state index contributed by atoms with van der Waals surface area (Å²) in [6, 6.07) is 13.4. The van der Waals surface area contributed by atoms with Crippen LogP contribution in [0.5, 0.6) is 5.75 Å². The molecule has 0 aliphatic carbocycles. The third-order valence-corrected chi connectivity index (χ3v) is 6.81. The number of ether oxygens (including phenoxy) is 1. The van der Waals surface area contributed by atoms with E-state index >= 15 is 0 Å². The molecule has 0 spiro atoms. The maximum Gasteiger partial charge on any atom is 0.232 e. The Morgan fingerprint density at radius 1 is 1.03 bits per heavy atom. The molecule has 1 atom stereocenters. The van der Waals surface area contributed by atoms with Gasteiger partial charge in [-0.25, -0.2) is 16.8 Å².